The maximum absolute atomic E-state index is 12.1. The summed E-state index contributed by atoms with van der Waals surface area (Å²) in [4.78, 5) is 25.2. The third-order valence-electron chi connectivity index (χ3n) is 3.33. The molecule has 0 aromatic carbocycles. The lowest BCUT2D eigenvalue weighted by atomic mass is 10.0. The summed E-state index contributed by atoms with van der Waals surface area (Å²) in [5.41, 5.74) is 5.51. The molecule has 1 fully saturated rings. The van der Waals surface area contributed by atoms with Gasteiger partial charge in [-0.05, 0) is 18.8 Å². The molecule has 1 aliphatic heterocycles. The van der Waals surface area contributed by atoms with E-state index in [0.717, 1.165) is 19.5 Å². The number of likely N-dealkylation sites (tertiary alicyclic amines) is 1. The van der Waals surface area contributed by atoms with Crippen LogP contribution in [-0.4, -0.2) is 28.5 Å². The molecule has 1 amide bonds. The van der Waals surface area contributed by atoms with E-state index in [1.807, 2.05) is 4.90 Å². The Bertz CT molecular complexity index is 495. The van der Waals surface area contributed by atoms with Gasteiger partial charge in [-0.2, -0.15) is 0 Å². The second-order valence-corrected chi connectivity index (χ2v) is 5.02. The number of pyridine rings is 1. The lowest BCUT2D eigenvalue weighted by Gasteiger charge is -2.31. The molecule has 0 radical (unpaired) electrons. The number of carbonyl (C=O) groups is 1. The molecule has 1 saturated heterocycles. The Balaban J connectivity index is 2.02. The van der Waals surface area contributed by atoms with Crippen LogP contribution in [0.2, 0.25) is 0 Å². The maximum Gasteiger partial charge on any atom is 0.242 e. The van der Waals surface area contributed by atoms with E-state index in [0.29, 0.717) is 5.92 Å². The van der Waals surface area contributed by atoms with Crippen LogP contribution >= 0.6 is 0 Å². The first-order chi connectivity index (χ1) is 8.56. The normalized spacial score (nSPS) is 19.8. The zero-order valence-corrected chi connectivity index (χ0v) is 10.6. The van der Waals surface area contributed by atoms with Gasteiger partial charge in [-0.15, -0.1) is 0 Å². The molecule has 5 nitrogen and oxygen atoms in total. The molecule has 2 N–H and O–H groups in total. The van der Waals surface area contributed by atoms with Crippen molar-refractivity contribution in [3.63, 3.8) is 0 Å². The summed E-state index contributed by atoms with van der Waals surface area (Å²) in [6, 6.07) is 1.39. The number of rotatable bonds is 2. The van der Waals surface area contributed by atoms with E-state index in [1.165, 1.54) is 18.7 Å². The highest BCUT2D eigenvalue weighted by atomic mass is 16.2. The number of nitrogen functional groups attached to an aromatic ring is 1. The van der Waals surface area contributed by atoms with Crippen molar-refractivity contribution in [2.75, 3.05) is 18.8 Å². The van der Waals surface area contributed by atoms with E-state index in [2.05, 4.69) is 6.92 Å². The van der Waals surface area contributed by atoms with Gasteiger partial charge < -0.3 is 15.2 Å². The number of amides is 1. The molecule has 1 unspecified atom stereocenters. The van der Waals surface area contributed by atoms with Gasteiger partial charge in [0.2, 0.25) is 11.3 Å². The van der Waals surface area contributed by atoms with Crippen LogP contribution in [0.15, 0.2) is 23.3 Å². The molecule has 5 heteroatoms. The number of nitrogens with two attached hydrogens (primary N) is 1. The van der Waals surface area contributed by atoms with Crippen LogP contribution in [0.1, 0.15) is 19.8 Å². The van der Waals surface area contributed by atoms with Gasteiger partial charge in [0, 0.05) is 31.5 Å². The van der Waals surface area contributed by atoms with Gasteiger partial charge in [0.05, 0.1) is 5.69 Å². The fourth-order valence-corrected chi connectivity index (χ4v) is 2.32. The lowest BCUT2D eigenvalue weighted by molar-refractivity contribution is -0.133. The van der Waals surface area contributed by atoms with Crippen molar-refractivity contribution in [1.82, 2.24) is 9.47 Å². The molecule has 0 aliphatic carbocycles. The minimum atomic E-state index is -0.203. The Kier molecular flexibility index (Phi) is 3.69. The first-order valence-electron chi connectivity index (χ1n) is 6.29. The molecule has 2 heterocycles. The van der Waals surface area contributed by atoms with Crippen LogP contribution in [0.3, 0.4) is 0 Å². The smallest absolute Gasteiger partial charge is 0.242 e. The Morgan fingerprint density at radius 1 is 1.56 bits per heavy atom. The van der Waals surface area contributed by atoms with Crippen molar-refractivity contribution < 1.29 is 4.79 Å². The van der Waals surface area contributed by atoms with Crippen LogP contribution in [-0.2, 0) is 11.3 Å². The van der Waals surface area contributed by atoms with E-state index < -0.39 is 0 Å². The van der Waals surface area contributed by atoms with Crippen molar-refractivity contribution >= 4 is 11.6 Å². The molecule has 1 aliphatic rings. The average molecular weight is 249 g/mol. The molecule has 1 atom stereocenters. The van der Waals surface area contributed by atoms with Gasteiger partial charge in [0.25, 0.3) is 0 Å². The summed E-state index contributed by atoms with van der Waals surface area (Å²) in [6.45, 7) is 4.07. The maximum atomic E-state index is 12.1. The molecule has 2 rings (SSSR count). The highest BCUT2D eigenvalue weighted by Crippen LogP contribution is 2.15. The fourth-order valence-electron chi connectivity index (χ4n) is 2.32. The van der Waals surface area contributed by atoms with Crippen LogP contribution in [0.5, 0.6) is 0 Å². The van der Waals surface area contributed by atoms with Crippen LogP contribution < -0.4 is 11.2 Å². The molecule has 0 bridgehead atoms. The number of aromatic nitrogens is 1. The second-order valence-electron chi connectivity index (χ2n) is 5.02. The van der Waals surface area contributed by atoms with E-state index in [4.69, 9.17) is 5.73 Å². The Labute approximate surface area is 106 Å². The number of anilines is 1. The number of piperidine rings is 1. The first-order valence-corrected chi connectivity index (χ1v) is 6.29. The van der Waals surface area contributed by atoms with Crippen molar-refractivity contribution in [3.05, 3.63) is 28.7 Å². The highest BCUT2D eigenvalue weighted by Gasteiger charge is 2.20. The predicted molar refractivity (Wildman–Crippen MR) is 70.1 cm³/mol. The topological polar surface area (TPSA) is 68.3 Å². The Morgan fingerprint density at radius 3 is 3.00 bits per heavy atom. The molecule has 18 heavy (non-hydrogen) atoms. The van der Waals surface area contributed by atoms with Crippen molar-refractivity contribution in [3.8, 4) is 0 Å². The third kappa shape index (κ3) is 2.91. The first kappa shape index (κ1) is 12.7. The van der Waals surface area contributed by atoms with E-state index in [9.17, 15) is 9.59 Å². The summed E-state index contributed by atoms with van der Waals surface area (Å²) in [5, 5.41) is 0. The van der Waals surface area contributed by atoms with Crippen LogP contribution in [0, 0.1) is 5.92 Å². The van der Waals surface area contributed by atoms with Gasteiger partial charge in [0.1, 0.15) is 6.54 Å². The van der Waals surface area contributed by atoms with E-state index in [1.54, 1.807) is 10.8 Å². The summed E-state index contributed by atoms with van der Waals surface area (Å²) >= 11 is 0. The van der Waals surface area contributed by atoms with Crippen LogP contribution in [0.4, 0.5) is 5.69 Å². The number of nitrogens with zero attached hydrogens (tertiary/aromatic N) is 2. The monoisotopic (exact) mass is 249 g/mol. The number of hydrogen-bond acceptors (Lipinski definition) is 3. The minimum absolute atomic E-state index is 0.0876. The largest absolute Gasteiger partial charge is 0.394 e. The fraction of sp³-hybridized carbons (Fsp3) is 0.538. The SMILES string of the molecule is CC1CCCN(C(=O)Cn2ccc(=O)c(N)c2)C1. The highest BCUT2D eigenvalue weighted by molar-refractivity contribution is 5.76. The Hall–Kier alpha value is -1.78. The standard InChI is InChI=1S/C13H19N3O2/c1-10-3-2-5-16(7-10)13(18)9-15-6-4-12(17)11(14)8-15/h4,6,8,10H,2-3,5,7,9,14H2,1H3. The van der Waals surface area contributed by atoms with E-state index >= 15 is 0 Å². The van der Waals surface area contributed by atoms with Crippen molar-refractivity contribution in [2.24, 2.45) is 5.92 Å². The number of carbonyl (C=O) groups excluding carboxylic acids is 1. The summed E-state index contributed by atoms with van der Waals surface area (Å²) < 4.78 is 1.67. The van der Waals surface area contributed by atoms with Gasteiger partial charge in [-0.3, -0.25) is 9.59 Å². The molecule has 1 aromatic rings. The number of hydrogen-bond donors (Lipinski definition) is 1. The van der Waals surface area contributed by atoms with E-state index in [-0.39, 0.29) is 23.6 Å². The lowest BCUT2D eigenvalue weighted by Crippen LogP contribution is -2.40. The molecule has 1 aromatic heterocycles. The molecular weight excluding hydrogens is 230 g/mol. The summed E-state index contributed by atoms with van der Waals surface area (Å²) in [5.74, 6) is 0.659. The average Bonchev–Trinajstić information content (AvgIpc) is 2.34. The molecule has 0 spiro atoms. The molecule has 98 valence electrons. The molecular formula is C13H19N3O2. The van der Waals surface area contributed by atoms with Gasteiger partial charge in [0.15, 0.2) is 0 Å². The summed E-state index contributed by atoms with van der Waals surface area (Å²) in [7, 11) is 0. The zero-order chi connectivity index (χ0) is 13.1. The minimum Gasteiger partial charge on any atom is -0.394 e. The zero-order valence-electron chi connectivity index (χ0n) is 10.6. The van der Waals surface area contributed by atoms with Crippen molar-refractivity contribution in [2.45, 2.75) is 26.3 Å². The summed E-state index contributed by atoms with van der Waals surface area (Å²) in [6.07, 6.45) is 5.38. The molecule has 0 saturated carbocycles. The van der Waals surface area contributed by atoms with Gasteiger partial charge >= 0.3 is 0 Å². The predicted octanol–water partition coefficient (Wildman–Crippen LogP) is 0.689. The van der Waals surface area contributed by atoms with Gasteiger partial charge in [-0.25, -0.2) is 0 Å². The van der Waals surface area contributed by atoms with Crippen molar-refractivity contribution in [1.29, 1.82) is 0 Å². The second kappa shape index (κ2) is 5.25. The Morgan fingerprint density at radius 2 is 2.33 bits per heavy atom. The van der Waals surface area contributed by atoms with Gasteiger partial charge in [-0.1, -0.05) is 6.92 Å². The quantitative estimate of drug-likeness (QED) is 0.838. The van der Waals surface area contributed by atoms with Crippen LogP contribution in [0.25, 0.3) is 0 Å². The third-order valence-corrected chi connectivity index (χ3v) is 3.33.